The highest BCUT2D eigenvalue weighted by atomic mass is 14.7. The highest BCUT2D eigenvalue weighted by Crippen LogP contribution is 2.31. The fraction of sp³-hybridized carbons (Fsp3) is 0.286. The summed E-state index contributed by atoms with van der Waals surface area (Å²) in [5.41, 5.74) is 10.7. The van der Waals surface area contributed by atoms with Crippen molar-refractivity contribution in [3.05, 3.63) is 35.0 Å². The second-order valence-electron chi connectivity index (χ2n) is 4.50. The van der Waals surface area contributed by atoms with Gasteiger partial charge < -0.3 is 5.73 Å². The van der Waals surface area contributed by atoms with Crippen LogP contribution in [0.4, 0.5) is 5.69 Å². The molecule has 1 aromatic heterocycles. The van der Waals surface area contributed by atoms with Gasteiger partial charge in [-0.05, 0) is 36.8 Å². The summed E-state index contributed by atoms with van der Waals surface area (Å²) in [7, 11) is 0. The van der Waals surface area contributed by atoms with Crippen molar-refractivity contribution >= 4 is 16.6 Å². The molecule has 0 spiro atoms. The number of fused-ring (bicyclic) bond motifs is 3. The Labute approximate surface area is 99.9 Å². The van der Waals surface area contributed by atoms with Gasteiger partial charge in [0.2, 0.25) is 0 Å². The number of nitriles is 1. The Bertz CT molecular complexity index is 638. The lowest BCUT2D eigenvalue weighted by Gasteiger charge is -2.17. The van der Waals surface area contributed by atoms with E-state index in [-0.39, 0.29) is 0 Å². The van der Waals surface area contributed by atoms with E-state index in [1.807, 2.05) is 6.07 Å². The van der Waals surface area contributed by atoms with Gasteiger partial charge in [-0.2, -0.15) is 5.26 Å². The number of aromatic nitrogens is 1. The molecule has 2 N–H and O–H groups in total. The molecule has 1 aliphatic rings. The minimum absolute atomic E-state index is 0.466. The molecule has 1 heterocycles. The Balaban J connectivity index is 2.35. The van der Waals surface area contributed by atoms with E-state index >= 15 is 0 Å². The molecule has 0 fully saturated rings. The van der Waals surface area contributed by atoms with Crippen LogP contribution in [0.3, 0.4) is 0 Å². The topological polar surface area (TPSA) is 62.7 Å². The molecule has 3 heteroatoms. The Morgan fingerprint density at radius 2 is 2.06 bits per heavy atom. The number of nitrogens with two attached hydrogens (primary N) is 1. The van der Waals surface area contributed by atoms with Gasteiger partial charge in [0.1, 0.15) is 6.07 Å². The Hall–Kier alpha value is -2.08. The van der Waals surface area contributed by atoms with E-state index in [2.05, 4.69) is 17.1 Å². The van der Waals surface area contributed by atoms with E-state index in [0.29, 0.717) is 11.3 Å². The van der Waals surface area contributed by atoms with E-state index in [1.54, 1.807) is 6.20 Å². The van der Waals surface area contributed by atoms with Crippen molar-refractivity contribution in [2.75, 3.05) is 5.73 Å². The van der Waals surface area contributed by atoms with Crippen molar-refractivity contribution in [2.45, 2.75) is 25.7 Å². The smallest absolute Gasteiger partial charge is 0.103 e. The van der Waals surface area contributed by atoms with Crippen LogP contribution in [0.15, 0.2) is 18.3 Å². The van der Waals surface area contributed by atoms with E-state index < -0.39 is 0 Å². The first-order valence-electron chi connectivity index (χ1n) is 5.90. The van der Waals surface area contributed by atoms with Crippen molar-refractivity contribution in [2.24, 2.45) is 0 Å². The molecule has 1 aromatic carbocycles. The first kappa shape index (κ1) is 10.1. The van der Waals surface area contributed by atoms with Crippen LogP contribution in [0.25, 0.3) is 10.9 Å². The molecular formula is C14H13N3. The van der Waals surface area contributed by atoms with Crippen LogP contribution in [-0.2, 0) is 12.8 Å². The van der Waals surface area contributed by atoms with Crippen LogP contribution in [0, 0.1) is 11.3 Å². The van der Waals surface area contributed by atoms with Crippen LogP contribution in [0.1, 0.15) is 29.5 Å². The predicted octanol–water partition coefficient (Wildman–Crippen LogP) is 2.57. The maximum Gasteiger partial charge on any atom is 0.103 e. The van der Waals surface area contributed by atoms with Crippen LogP contribution in [-0.4, -0.2) is 4.98 Å². The monoisotopic (exact) mass is 223 g/mol. The second-order valence-corrected chi connectivity index (χ2v) is 4.50. The summed E-state index contributed by atoms with van der Waals surface area (Å²) < 4.78 is 0. The van der Waals surface area contributed by atoms with Gasteiger partial charge in [0, 0.05) is 11.6 Å². The van der Waals surface area contributed by atoms with Gasteiger partial charge in [0.25, 0.3) is 0 Å². The number of benzene rings is 1. The highest BCUT2D eigenvalue weighted by Gasteiger charge is 2.15. The largest absolute Gasteiger partial charge is 0.397 e. The molecule has 2 aromatic rings. The molecule has 0 unspecified atom stereocenters. The van der Waals surface area contributed by atoms with Crippen molar-refractivity contribution in [1.29, 1.82) is 5.26 Å². The minimum Gasteiger partial charge on any atom is -0.397 e. The second kappa shape index (κ2) is 3.74. The maximum absolute atomic E-state index is 8.95. The number of anilines is 1. The molecule has 1 aliphatic carbocycles. The summed E-state index contributed by atoms with van der Waals surface area (Å²) in [6.07, 6.45) is 6.27. The SMILES string of the molecule is N#Cc1cnc2c3c(ccc2c1N)CCCC3. The van der Waals surface area contributed by atoms with Crippen LogP contribution in [0.5, 0.6) is 0 Å². The lowest BCUT2D eigenvalue weighted by Crippen LogP contribution is -2.05. The molecule has 0 bridgehead atoms. The zero-order chi connectivity index (χ0) is 11.8. The van der Waals surface area contributed by atoms with Crippen LogP contribution in [0.2, 0.25) is 0 Å². The zero-order valence-corrected chi connectivity index (χ0v) is 9.53. The van der Waals surface area contributed by atoms with Gasteiger partial charge >= 0.3 is 0 Å². The molecule has 0 aliphatic heterocycles. The molecule has 0 saturated carbocycles. The standard InChI is InChI=1S/C14H13N3/c15-7-10-8-17-14-11-4-2-1-3-9(11)5-6-12(14)13(10)16/h5-6,8H,1-4H2,(H2,16,17). The third kappa shape index (κ3) is 1.45. The van der Waals surface area contributed by atoms with Crippen LogP contribution < -0.4 is 5.73 Å². The number of hydrogen-bond donors (Lipinski definition) is 1. The molecule has 0 saturated heterocycles. The molecule has 0 atom stereocenters. The van der Waals surface area contributed by atoms with Crippen LogP contribution >= 0.6 is 0 Å². The first-order valence-corrected chi connectivity index (χ1v) is 5.90. The van der Waals surface area contributed by atoms with E-state index in [0.717, 1.165) is 23.7 Å². The van der Waals surface area contributed by atoms with Gasteiger partial charge in [0.15, 0.2) is 0 Å². The number of nitrogen functional groups attached to an aromatic ring is 1. The Morgan fingerprint density at radius 3 is 2.88 bits per heavy atom. The predicted molar refractivity (Wildman–Crippen MR) is 67.5 cm³/mol. The lowest BCUT2D eigenvalue weighted by atomic mass is 9.89. The van der Waals surface area contributed by atoms with Gasteiger partial charge in [-0.1, -0.05) is 12.1 Å². The quantitative estimate of drug-likeness (QED) is 0.746. The summed E-state index contributed by atoms with van der Waals surface area (Å²) >= 11 is 0. The van der Waals surface area contributed by atoms with Crippen molar-refractivity contribution < 1.29 is 0 Å². The number of hydrogen-bond acceptors (Lipinski definition) is 3. The number of aryl methyl sites for hydroxylation is 2. The normalized spacial score (nSPS) is 14.3. The lowest BCUT2D eigenvalue weighted by molar-refractivity contribution is 0.689. The van der Waals surface area contributed by atoms with Gasteiger partial charge in [-0.15, -0.1) is 0 Å². The van der Waals surface area contributed by atoms with Crippen molar-refractivity contribution in [3.8, 4) is 6.07 Å². The molecule has 0 radical (unpaired) electrons. The van der Waals surface area contributed by atoms with E-state index in [9.17, 15) is 0 Å². The third-order valence-corrected chi connectivity index (χ3v) is 3.53. The molecular weight excluding hydrogens is 210 g/mol. The third-order valence-electron chi connectivity index (χ3n) is 3.53. The minimum atomic E-state index is 0.466. The number of nitrogens with zero attached hydrogens (tertiary/aromatic N) is 2. The van der Waals surface area contributed by atoms with E-state index in [4.69, 9.17) is 11.0 Å². The zero-order valence-electron chi connectivity index (χ0n) is 9.53. The highest BCUT2D eigenvalue weighted by molar-refractivity contribution is 5.95. The molecule has 3 nitrogen and oxygen atoms in total. The van der Waals surface area contributed by atoms with Crippen molar-refractivity contribution in [3.63, 3.8) is 0 Å². The molecule has 3 rings (SSSR count). The number of rotatable bonds is 0. The Morgan fingerprint density at radius 1 is 1.24 bits per heavy atom. The summed E-state index contributed by atoms with van der Waals surface area (Å²) in [5.74, 6) is 0. The molecule has 17 heavy (non-hydrogen) atoms. The van der Waals surface area contributed by atoms with Gasteiger partial charge in [-0.3, -0.25) is 4.98 Å². The van der Waals surface area contributed by atoms with Gasteiger partial charge in [-0.25, -0.2) is 0 Å². The average Bonchev–Trinajstić information content (AvgIpc) is 2.39. The maximum atomic E-state index is 8.95. The Kier molecular flexibility index (Phi) is 2.22. The van der Waals surface area contributed by atoms with Gasteiger partial charge in [0.05, 0.1) is 16.8 Å². The van der Waals surface area contributed by atoms with Crippen molar-refractivity contribution in [1.82, 2.24) is 4.98 Å². The summed E-state index contributed by atoms with van der Waals surface area (Å²) in [5, 5.41) is 9.87. The molecule has 0 amide bonds. The first-order chi connectivity index (χ1) is 8.31. The van der Waals surface area contributed by atoms with E-state index in [1.165, 1.54) is 24.0 Å². The summed E-state index contributed by atoms with van der Waals surface area (Å²) in [6.45, 7) is 0. The molecule has 84 valence electrons. The summed E-state index contributed by atoms with van der Waals surface area (Å²) in [4.78, 5) is 4.42. The number of pyridine rings is 1. The summed E-state index contributed by atoms with van der Waals surface area (Å²) in [6, 6.07) is 6.22. The average molecular weight is 223 g/mol. The fourth-order valence-corrected chi connectivity index (χ4v) is 2.61. The fourth-order valence-electron chi connectivity index (χ4n) is 2.61.